The molecule has 0 unspecified atom stereocenters. The van der Waals surface area contributed by atoms with Gasteiger partial charge < -0.3 is 14.5 Å². The largest absolute Gasteiger partial charge is 0.484 e. The van der Waals surface area contributed by atoms with Crippen LogP contribution in [0.25, 0.3) is 11.3 Å². The van der Waals surface area contributed by atoms with E-state index >= 15 is 0 Å². The van der Waals surface area contributed by atoms with Gasteiger partial charge in [0.2, 0.25) is 0 Å². The predicted molar refractivity (Wildman–Crippen MR) is 116 cm³/mol. The normalized spacial score (nSPS) is 10.7. The molecule has 0 radical (unpaired) electrons. The molecule has 164 valence electrons. The highest BCUT2D eigenvalue weighted by Crippen LogP contribution is 2.30. The Hall–Kier alpha value is -4.47. The molecule has 3 aromatic rings. The van der Waals surface area contributed by atoms with Crippen molar-refractivity contribution in [3.05, 3.63) is 82.1 Å². The molecule has 0 aliphatic carbocycles. The van der Waals surface area contributed by atoms with Crippen molar-refractivity contribution in [2.75, 3.05) is 13.2 Å². The van der Waals surface area contributed by atoms with Crippen LogP contribution >= 0.6 is 0 Å². The summed E-state index contributed by atoms with van der Waals surface area (Å²) in [4.78, 5) is 34.2. The minimum Gasteiger partial charge on any atom is -0.484 e. The number of hydrogen-bond donors (Lipinski definition) is 2. The molecule has 1 heterocycles. The number of rotatable bonds is 9. The van der Waals surface area contributed by atoms with E-state index in [4.69, 9.17) is 9.15 Å². The first kappa shape index (κ1) is 22.2. The van der Waals surface area contributed by atoms with E-state index in [0.717, 1.165) is 0 Å². The van der Waals surface area contributed by atoms with Gasteiger partial charge in [0.05, 0.1) is 17.7 Å². The lowest BCUT2D eigenvalue weighted by molar-refractivity contribution is -0.385. The second-order valence-electron chi connectivity index (χ2n) is 6.58. The summed E-state index contributed by atoms with van der Waals surface area (Å²) in [5.41, 5.74) is 3.34. The molecule has 10 heteroatoms. The third kappa shape index (κ3) is 6.02. The second kappa shape index (κ2) is 10.5. The average molecular weight is 436 g/mol. The van der Waals surface area contributed by atoms with Crippen molar-refractivity contribution in [3.8, 4) is 17.1 Å². The summed E-state index contributed by atoms with van der Waals surface area (Å²) in [6, 6.07) is 16.8. The molecule has 32 heavy (non-hydrogen) atoms. The molecule has 0 bridgehead atoms. The van der Waals surface area contributed by atoms with Crippen molar-refractivity contribution >= 4 is 23.7 Å². The van der Waals surface area contributed by atoms with Crippen molar-refractivity contribution in [1.82, 2.24) is 10.7 Å². The first-order valence-corrected chi connectivity index (χ1v) is 9.54. The first-order valence-electron chi connectivity index (χ1n) is 9.54. The molecule has 2 N–H and O–H groups in total. The molecule has 0 spiro atoms. The first-order chi connectivity index (χ1) is 15.4. The zero-order chi connectivity index (χ0) is 22.9. The summed E-state index contributed by atoms with van der Waals surface area (Å²) in [5, 5.41) is 17.3. The lowest BCUT2D eigenvalue weighted by atomic mass is 10.1. The number of furan rings is 1. The smallest absolute Gasteiger partial charge is 0.273 e. The fourth-order valence-corrected chi connectivity index (χ4v) is 2.76. The average Bonchev–Trinajstić information content (AvgIpc) is 3.25. The van der Waals surface area contributed by atoms with Crippen molar-refractivity contribution in [3.63, 3.8) is 0 Å². The Morgan fingerprint density at radius 2 is 1.88 bits per heavy atom. The fourth-order valence-electron chi connectivity index (χ4n) is 2.76. The number of ether oxygens (including phenoxy) is 1. The van der Waals surface area contributed by atoms with E-state index < -0.39 is 16.7 Å². The monoisotopic (exact) mass is 436 g/mol. The molecule has 2 aromatic carbocycles. The number of nitro benzene ring substituents is 1. The molecule has 2 amide bonds. The van der Waals surface area contributed by atoms with Gasteiger partial charge in [-0.25, -0.2) is 5.43 Å². The lowest BCUT2D eigenvalue weighted by Gasteiger charge is -2.06. The highest BCUT2D eigenvalue weighted by Gasteiger charge is 2.16. The van der Waals surface area contributed by atoms with Gasteiger partial charge in [-0.1, -0.05) is 30.3 Å². The Balaban J connectivity index is 1.47. The van der Waals surface area contributed by atoms with Crippen LogP contribution in [0.2, 0.25) is 0 Å². The lowest BCUT2D eigenvalue weighted by Crippen LogP contribution is -2.37. The molecule has 3 rings (SSSR count). The molecule has 0 saturated carbocycles. The summed E-state index contributed by atoms with van der Waals surface area (Å²) in [6.45, 7) is 1.15. The summed E-state index contributed by atoms with van der Waals surface area (Å²) in [7, 11) is 0. The summed E-state index contributed by atoms with van der Waals surface area (Å²) < 4.78 is 10.9. The van der Waals surface area contributed by atoms with E-state index in [1.807, 2.05) is 6.07 Å². The Bertz CT molecular complexity index is 1140. The Morgan fingerprint density at radius 3 is 2.62 bits per heavy atom. The fraction of sp³-hybridized carbons (Fsp3) is 0.136. The Kier molecular flexibility index (Phi) is 7.31. The second-order valence-corrected chi connectivity index (χ2v) is 6.58. The third-order valence-corrected chi connectivity index (χ3v) is 4.33. The predicted octanol–water partition coefficient (Wildman–Crippen LogP) is 2.81. The van der Waals surface area contributed by atoms with Crippen LogP contribution in [-0.2, 0) is 9.59 Å². The number of carbonyl (C=O) groups is 2. The quantitative estimate of drug-likeness (QED) is 0.301. The molecule has 0 saturated heterocycles. The molecule has 0 fully saturated rings. The van der Waals surface area contributed by atoms with Crippen LogP contribution in [0.4, 0.5) is 5.69 Å². The van der Waals surface area contributed by atoms with E-state index in [1.54, 1.807) is 55.5 Å². The van der Waals surface area contributed by atoms with Gasteiger partial charge in [0.25, 0.3) is 17.5 Å². The highest BCUT2D eigenvalue weighted by molar-refractivity contribution is 5.86. The van der Waals surface area contributed by atoms with Gasteiger partial charge in [0.1, 0.15) is 17.3 Å². The van der Waals surface area contributed by atoms with Gasteiger partial charge in [-0.15, -0.1) is 0 Å². The van der Waals surface area contributed by atoms with Gasteiger partial charge in [0, 0.05) is 17.2 Å². The number of hydrogen-bond acceptors (Lipinski definition) is 7. The number of nitro groups is 1. The van der Waals surface area contributed by atoms with Crippen LogP contribution in [-0.4, -0.2) is 36.1 Å². The maximum atomic E-state index is 11.8. The molecular formula is C22H20N4O6. The van der Waals surface area contributed by atoms with Crippen LogP contribution in [0.15, 0.2) is 70.2 Å². The number of benzene rings is 2. The SMILES string of the molecule is Cc1c(-c2ccc(/C=N\NC(=O)CNC(=O)COc3ccccc3)o2)cccc1[N+](=O)[O-]. The standard InChI is InChI=1S/C22H20N4O6/c1-15-18(8-5-9-19(15)26(29)30)20-11-10-17(32-20)12-24-25-21(27)13-23-22(28)14-31-16-6-3-2-4-7-16/h2-12H,13-14H2,1H3,(H,23,28)(H,25,27)/b24-12-. The van der Waals surface area contributed by atoms with Crippen LogP contribution in [0.3, 0.4) is 0 Å². The number of amides is 2. The van der Waals surface area contributed by atoms with Gasteiger partial charge in [0.15, 0.2) is 6.61 Å². The van der Waals surface area contributed by atoms with Crippen LogP contribution < -0.4 is 15.5 Å². The molecular weight excluding hydrogens is 416 g/mol. The van der Waals surface area contributed by atoms with E-state index in [2.05, 4.69) is 15.8 Å². The minimum atomic E-state index is -0.532. The van der Waals surface area contributed by atoms with Crippen molar-refractivity contribution in [1.29, 1.82) is 0 Å². The van der Waals surface area contributed by atoms with Crippen LogP contribution in [0.1, 0.15) is 11.3 Å². The van der Waals surface area contributed by atoms with E-state index in [-0.39, 0.29) is 18.8 Å². The van der Waals surface area contributed by atoms with Crippen LogP contribution in [0.5, 0.6) is 5.75 Å². The number of hydrazone groups is 1. The Labute approximate surface area is 183 Å². The summed E-state index contributed by atoms with van der Waals surface area (Å²) in [5.74, 6) is 0.345. The Morgan fingerprint density at radius 1 is 1.09 bits per heavy atom. The molecule has 1 aromatic heterocycles. The summed E-state index contributed by atoms with van der Waals surface area (Å²) >= 11 is 0. The zero-order valence-corrected chi connectivity index (χ0v) is 17.1. The maximum Gasteiger partial charge on any atom is 0.273 e. The highest BCUT2D eigenvalue weighted by atomic mass is 16.6. The van der Waals surface area contributed by atoms with Gasteiger partial charge in [-0.05, 0) is 31.2 Å². The molecule has 0 aliphatic rings. The minimum absolute atomic E-state index is 0.00223. The van der Waals surface area contributed by atoms with E-state index in [1.165, 1.54) is 12.3 Å². The van der Waals surface area contributed by atoms with Crippen molar-refractivity contribution in [2.24, 2.45) is 5.10 Å². The summed E-state index contributed by atoms with van der Waals surface area (Å²) in [6.07, 6.45) is 1.29. The van der Waals surface area contributed by atoms with Gasteiger partial charge in [-0.2, -0.15) is 5.10 Å². The number of para-hydroxylation sites is 1. The number of nitrogens with zero attached hydrogens (tertiary/aromatic N) is 2. The topological polar surface area (TPSA) is 136 Å². The van der Waals surface area contributed by atoms with E-state index in [0.29, 0.717) is 28.4 Å². The van der Waals surface area contributed by atoms with Crippen molar-refractivity contribution in [2.45, 2.75) is 6.92 Å². The van der Waals surface area contributed by atoms with Crippen molar-refractivity contribution < 1.29 is 23.7 Å². The van der Waals surface area contributed by atoms with Gasteiger partial charge >= 0.3 is 0 Å². The van der Waals surface area contributed by atoms with E-state index in [9.17, 15) is 19.7 Å². The number of nitrogens with one attached hydrogen (secondary N) is 2. The zero-order valence-electron chi connectivity index (χ0n) is 17.1. The number of carbonyl (C=O) groups excluding carboxylic acids is 2. The maximum absolute atomic E-state index is 11.8. The third-order valence-electron chi connectivity index (χ3n) is 4.33. The molecule has 0 atom stereocenters. The van der Waals surface area contributed by atoms with Gasteiger partial charge in [-0.3, -0.25) is 19.7 Å². The molecule has 0 aliphatic heterocycles. The van der Waals surface area contributed by atoms with Crippen LogP contribution in [0, 0.1) is 17.0 Å². The molecule has 10 nitrogen and oxygen atoms in total.